The number of aliphatic hydroxyl groups excluding tert-OH is 2. The number of nitrogens with zero attached hydrogens (tertiary/aromatic N) is 1. The molecule has 0 bridgehead atoms. The summed E-state index contributed by atoms with van der Waals surface area (Å²) in [6.45, 7) is 7.64. The van der Waals surface area contributed by atoms with Gasteiger partial charge in [-0.3, -0.25) is 0 Å². The van der Waals surface area contributed by atoms with Gasteiger partial charge in [0.05, 0.1) is 25.4 Å². The smallest absolute Gasteiger partial charge is 0.0900 e. The van der Waals surface area contributed by atoms with Crippen molar-refractivity contribution in [2.24, 2.45) is 0 Å². The molecule has 0 rings (SSSR count). The fraction of sp³-hybridized carbons (Fsp3) is 1.00. The van der Waals surface area contributed by atoms with Crippen molar-refractivity contribution in [2.75, 3.05) is 46.6 Å². The highest BCUT2D eigenvalue weighted by molar-refractivity contribution is 4.65. The van der Waals surface area contributed by atoms with E-state index < -0.39 is 12.2 Å². The largest absolute Gasteiger partial charge is 0.389 e. The summed E-state index contributed by atoms with van der Waals surface area (Å²) >= 11 is 0. The molecule has 0 amide bonds. The maximum absolute atomic E-state index is 10.1. The first-order valence-corrected chi connectivity index (χ1v) is 11.8. The van der Waals surface area contributed by atoms with Gasteiger partial charge in [-0.25, -0.2) is 0 Å². The summed E-state index contributed by atoms with van der Waals surface area (Å²) < 4.78 is 11.1. The predicted molar refractivity (Wildman–Crippen MR) is 118 cm³/mol. The second kappa shape index (κ2) is 21.5. The second-order valence-corrected chi connectivity index (χ2v) is 8.21. The Morgan fingerprint density at radius 2 is 0.964 bits per heavy atom. The topological polar surface area (TPSA) is 62.2 Å². The summed E-state index contributed by atoms with van der Waals surface area (Å²) in [5, 5.41) is 20.1. The minimum atomic E-state index is -0.513. The van der Waals surface area contributed by atoms with Crippen molar-refractivity contribution in [1.82, 2.24) is 4.90 Å². The fourth-order valence-corrected chi connectivity index (χ4v) is 3.31. The zero-order chi connectivity index (χ0) is 20.9. The SMILES string of the molecule is CCCCCCCCOCC(O)CN(C)CC(O)COCCCCCCCC. The number of likely N-dealkylation sites (N-methyl/N-ethyl adjacent to an activating group) is 1. The van der Waals surface area contributed by atoms with Crippen LogP contribution in [0.4, 0.5) is 0 Å². The number of hydrogen-bond acceptors (Lipinski definition) is 5. The van der Waals surface area contributed by atoms with E-state index in [4.69, 9.17) is 9.47 Å². The van der Waals surface area contributed by atoms with Crippen molar-refractivity contribution >= 4 is 0 Å². The molecule has 2 atom stereocenters. The summed E-state index contributed by atoms with van der Waals surface area (Å²) in [6, 6.07) is 0. The standard InChI is InChI=1S/C23H49NO4/c1-4-6-8-10-12-14-16-27-20-22(25)18-24(3)19-23(26)21-28-17-15-13-11-9-7-5-2/h22-23,25-26H,4-21H2,1-3H3. The van der Waals surface area contributed by atoms with Gasteiger partial charge >= 0.3 is 0 Å². The molecule has 0 spiro atoms. The van der Waals surface area contributed by atoms with Crippen molar-refractivity contribution < 1.29 is 19.7 Å². The van der Waals surface area contributed by atoms with Gasteiger partial charge in [0.2, 0.25) is 0 Å². The van der Waals surface area contributed by atoms with E-state index in [0.717, 1.165) is 26.1 Å². The average Bonchev–Trinajstić information content (AvgIpc) is 2.65. The summed E-state index contributed by atoms with van der Waals surface area (Å²) in [6.07, 6.45) is 13.9. The highest BCUT2D eigenvalue weighted by Crippen LogP contribution is 2.06. The van der Waals surface area contributed by atoms with Gasteiger partial charge in [-0.15, -0.1) is 0 Å². The predicted octanol–water partition coefficient (Wildman–Crippen LogP) is 4.39. The Hall–Kier alpha value is -0.200. The molecule has 0 aromatic carbocycles. The third kappa shape index (κ3) is 20.5. The third-order valence-corrected chi connectivity index (χ3v) is 4.95. The Morgan fingerprint density at radius 3 is 1.36 bits per heavy atom. The number of aliphatic hydroxyl groups is 2. The van der Waals surface area contributed by atoms with E-state index in [1.165, 1.54) is 64.2 Å². The Balaban J connectivity index is 3.48. The zero-order valence-corrected chi connectivity index (χ0v) is 19.0. The molecule has 5 nitrogen and oxygen atoms in total. The molecule has 2 unspecified atom stereocenters. The Morgan fingerprint density at radius 1 is 0.607 bits per heavy atom. The normalized spacial score (nSPS) is 13.9. The number of hydrogen-bond donors (Lipinski definition) is 2. The molecule has 0 fully saturated rings. The molecule has 170 valence electrons. The molecule has 0 radical (unpaired) electrons. The summed E-state index contributed by atoms with van der Waals surface area (Å²) in [5.41, 5.74) is 0. The van der Waals surface area contributed by atoms with Crippen LogP contribution in [0.5, 0.6) is 0 Å². The van der Waals surface area contributed by atoms with Crippen LogP contribution in [0.15, 0.2) is 0 Å². The van der Waals surface area contributed by atoms with E-state index in [1.54, 1.807) is 0 Å². The molecule has 28 heavy (non-hydrogen) atoms. The van der Waals surface area contributed by atoms with Crippen LogP contribution in [0.3, 0.4) is 0 Å². The van der Waals surface area contributed by atoms with Crippen molar-refractivity contribution in [1.29, 1.82) is 0 Å². The van der Waals surface area contributed by atoms with E-state index >= 15 is 0 Å². The van der Waals surface area contributed by atoms with E-state index in [2.05, 4.69) is 13.8 Å². The van der Waals surface area contributed by atoms with Gasteiger partial charge in [0.15, 0.2) is 0 Å². The average molecular weight is 404 g/mol. The molecule has 0 aliphatic rings. The third-order valence-electron chi connectivity index (χ3n) is 4.95. The number of rotatable bonds is 22. The lowest BCUT2D eigenvalue weighted by Crippen LogP contribution is -2.38. The molecule has 0 aliphatic heterocycles. The molecule has 0 aromatic heterocycles. The molecule has 2 N–H and O–H groups in total. The molecule has 0 saturated heterocycles. The molecule has 0 aromatic rings. The van der Waals surface area contributed by atoms with Gasteiger partial charge in [-0.05, 0) is 19.9 Å². The second-order valence-electron chi connectivity index (χ2n) is 8.21. The van der Waals surface area contributed by atoms with Crippen molar-refractivity contribution in [3.8, 4) is 0 Å². The minimum absolute atomic E-state index is 0.365. The summed E-state index contributed by atoms with van der Waals surface area (Å²) in [4.78, 5) is 1.94. The summed E-state index contributed by atoms with van der Waals surface area (Å²) in [5.74, 6) is 0. The van der Waals surface area contributed by atoms with E-state index in [1.807, 2.05) is 11.9 Å². The van der Waals surface area contributed by atoms with Crippen LogP contribution in [0.25, 0.3) is 0 Å². The maximum Gasteiger partial charge on any atom is 0.0900 e. The minimum Gasteiger partial charge on any atom is -0.389 e. The quantitative estimate of drug-likeness (QED) is 0.262. The van der Waals surface area contributed by atoms with Crippen LogP contribution in [-0.4, -0.2) is 73.9 Å². The van der Waals surface area contributed by atoms with Crippen LogP contribution in [-0.2, 0) is 9.47 Å². The van der Waals surface area contributed by atoms with Gasteiger partial charge in [0, 0.05) is 26.3 Å². The first-order valence-electron chi connectivity index (χ1n) is 11.8. The van der Waals surface area contributed by atoms with Gasteiger partial charge in [0.25, 0.3) is 0 Å². The number of unbranched alkanes of at least 4 members (excludes halogenated alkanes) is 10. The molecule has 0 heterocycles. The Labute approximate surface area is 174 Å². The van der Waals surface area contributed by atoms with Gasteiger partial charge in [-0.1, -0.05) is 78.1 Å². The zero-order valence-electron chi connectivity index (χ0n) is 19.0. The first-order chi connectivity index (χ1) is 13.6. The lowest BCUT2D eigenvalue weighted by molar-refractivity contribution is -0.00485. The van der Waals surface area contributed by atoms with E-state index in [9.17, 15) is 10.2 Å². The molecule has 0 aliphatic carbocycles. The lowest BCUT2D eigenvalue weighted by Gasteiger charge is -2.23. The monoisotopic (exact) mass is 403 g/mol. The van der Waals surface area contributed by atoms with Crippen molar-refractivity contribution in [3.05, 3.63) is 0 Å². The molecular weight excluding hydrogens is 354 g/mol. The van der Waals surface area contributed by atoms with Gasteiger partial charge < -0.3 is 24.6 Å². The van der Waals surface area contributed by atoms with Crippen LogP contribution in [0.1, 0.15) is 90.9 Å². The summed E-state index contributed by atoms with van der Waals surface area (Å²) in [7, 11) is 1.91. The van der Waals surface area contributed by atoms with Gasteiger partial charge in [0.1, 0.15) is 0 Å². The van der Waals surface area contributed by atoms with E-state index in [0.29, 0.717) is 26.3 Å². The van der Waals surface area contributed by atoms with Crippen LogP contribution >= 0.6 is 0 Å². The van der Waals surface area contributed by atoms with Crippen molar-refractivity contribution in [2.45, 2.75) is 103 Å². The Kier molecular flexibility index (Phi) is 21.4. The Bertz CT molecular complexity index is 276. The highest BCUT2D eigenvalue weighted by atomic mass is 16.5. The van der Waals surface area contributed by atoms with Crippen LogP contribution in [0.2, 0.25) is 0 Å². The van der Waals surface area contributed by atoms with Crippen molar-refractivity contribution in [3.63, 3.8) is 0 Å². The fourth-order valence-electron chi connectivity index (χ4n) is 3.31. The lowest BCUT2D eigenvalue weighted by atomic mass is 10.1. The molecular formula is C23H49NO4. The highest BCUT2D eigenvalue weighted by Gasteiger charge is 2.12. The maximum atomic E-state index is 10.1. The van der Waals surface area contributed by atoms with Crippen LogP contribution in [0, 0.1) is 0 Å². The van der Waals surface area contributed by atoms with E-state index in [-0.39, 0.29) is 0 Å². The molecule has 0 saturated carbocycles. The van der Waals surface area contributed by atoms with Crippen LogP contribution < -0.4 is 0 Å². The first kappa shape index (κ1) is 27.8. The number of ether oxygens (including phenoxy) is 2. The van der Waals surface area contributed by atoms with Gasteiger partial charge in [-0.2, -0.15) is 0 Å². The molecule has 5 heteroatoms.